The molecule has 184 valence electrons. The number of pyridine rings is 1. The molecule has 3 aromatic rings. The van der Waals surface area contributed by atoms with Crippen molar-refractivity contribution in [1.82, 2.24) is 20.3 Å². The lowest BCUT2D eigenvalue weighted by atomic mass is 9.90. The molecular weight excluding hydrogens is 472 g/mol. The van der Waals surface area contributed by atoms with Gasteiger partial charge in [-0.25, -0.2) is 19.7 Å². The zero-order valence-corrected chi connectivity index (χ0v) is 20.0. The first-order chi connectivity index (χ1) is 17.1. The summed E-state index contributed by atoms with van der Waals surface area (Å²) in [5, 5.41) is 15.7. The molecule has 3 aliphatic rings. The Morgan fingerprint density at radius 3 is 3.03 bits per heavy atom. The zero-order chi connectivity index (χ0) is 23.9. The summed E-state index contributed by atoms with van der Waals surface area (Å²) in [6, 6.07) is 5.68. The van der Waals surface area contributed by atoms with E-state index < -0.39 is 0 Å². The van der Waals surface area contributed by atoms with Crippen LogP contribution in [-0.2, 0) is 11.2 Å². The highest BCUT2D eigenvalue weighted by atomic mass is 32.1. The van der Waals surface area contributed by atoms with Gasteiger partial charge in [-0.1, -0.05) is 17.4 Å². The summed E-state index contributed by atoms with van der Waals surface area (Å²) in [5.74, 6) is 1.11. The Kier molecular flexibility index (Phi) is 5.78. The highest BCUT2D eigenvalue weighted by molar-refractivity contribution is 7.16. The average Bonchev–Trinajstić information content (AvgIpc) is 3.45. The van der Waals surface area contributed by atoms with Crippen LogP contribution < -0.4 is 20.3 Å². The Morgan fingerprint density at radius 2 is 2.20 bits per heavy atom. The number of carbonyl (C=O) groups excluding carboxylic acids is 1. The summed E-state index contributed by atoms with van der Waals surface area (Å²) in [4.78, 5) is 29.3. The first-order valence-electron chi connectivity index (χ1n) is 11.7. The van der Waals surface area contributed by atoms with Gasteiger partial charge in [-0.3, -0.25) is 5.32 Å². The molecule has 1 aliphatic carbocycles. The lowest BCUT2D eigenvalue weighted by molar-refractivity contribution is 0.0578. The summed E-state index contributed by atoms with van der Waals surface area (Å²) in [6.07, 6.45) is 3.19. The van der Waals surface area contributed by atoms with E-state index in [4.69, 9.17) is 13.9 Å². The molecule has 1 saturated carbocycles. The molecule has 3 N–H and O–H groups in total. The molecule has 2 atom stereocenters. The van der Waals surface area contributed by atoms with Gasteiger partial charge in [0, 0.05) is 18.5 Å². The van der Waals surface area contributed by atoms with Crippen LogP contribution in [0.5, 0.6) is 5.88 Å². The summed E-state index contributed by atoms with van der Waals surface area (Å²) in [5.41, 5.74) is 1.62. The van der Waals surface area contributed by atoms with Crippen LogP contribution in [0, 0.1) is 0 Å². The molecule has 12 heteroatoms. The minimum Gasteiger partial charge on any atom is -0.478 e. The van der Waals surface area contributed by atoms with E-state index >= 15 is 0 Å². The number of aliphatic hydroxyl groups excluding tert-OH is 1. The van der Waals surface area contributed by atoms with E-state index in [9.17, 15) is 9.90 Å². The van der Waals surface area contributed by atoms with Crippen LogP contribution in [0.25, 0.3) is 11.5 Å². The molecule has 0 spiro atoms. The summed E-state index contributed by atoms with van der Waals surface area (Å²) < 4.78 is 17.5. The van der Waals surface area contributed by atoms with Crippen molar-refractivity contribution in [2.75, 3.05) is 30.0 Å². The number of hydrogen-bond donors (Lipinski definition) is 3. The first-order valence-corrected chi connectivity index (χ1v) is 12.6. The van der Waals surface area contributed by atoms with Gasteiger partial charge in [-0.15, -0.1) is 0 Å². The maximum Gasteiger partial charge on any atom is 0.321 e. The number of aliphatic hydroxyl groups is 1. The normalized spacial score (nSPS) is 24.9. The maximum absolute atomic E-state index is 12.3. The predicted molar refractivity (Wildman–Crippen MR) is 128 cm³/mol. The number of rotatable bonds is 6. The maximum atomic E-state index is 12.3. The Hall–Kier alpha value is -3.22. The monoisotopic (exact) mass is 498 g/mol. The van der Waals surface area contributed by atoms with Gasteiger partial charge in [0.2, 0.25) is 5.88 Å². The second kappa shape index (κ2) is 9.10. The first kappa shape index (κ1) is 22.3. The van der Waals surface area contributed by atoms with Crippen molar-refractivity contribution >= 4 is 28.5 Å². The van der Waals surface area contributed by atoms with Gasteiger partial charge in [0.05, 0.1) is 54.8 Å². The minimum atomic E-state index is -0.321. The van der Waals surface area contributed by atoms with Crippen molar-refractivity contribution in [3.63, 3.8) is 0 Å². The van der Waals surface area contributed by atoms with Gasteiger partial charge in [0.25, 0.3) is 6.01 Å². The van der Waals surface area contributed by atoms with Gasteiger partial charge in [0.15, 0.2) is 10.9 Å². The SMILES string of the molecule is CCOc1cccc(-c2cnc(N3[C@@H]4COC[C@H]3c3sc(NC(=O)NC5CC(O)C5)nc3C4)o2)n1. The van der Waals surface area contributed by atoms with Crippen molar-refractivity contribution in [3.8, 4) is 17.3 Å². The number of morpholine rings is 1. The fourth-order valence-corrected chi connectivity index (χ4v) is 5.81. The number of oxazole rings is 1. The highest BCUT2D eigenvalue weighted by Crippen LogP contribution is 2.43. The molecule has 3 aromatic heterocycles. The predicted octanol–water partition coefficient (Wildman–Crippen LogP) is 2.74. The molecule has 0 radical (unpaired) electrons. The molecule has 1 saturated heterocycles. The van der Waals surface area contributed by atoms with E-state index in [1.807, 2.05) is 25.1 Å². The minimum absolute atomic E-state index is 0.00521. The topological polar surface area (TPSA) is 135 Å². The number of amides is 2. The van der Waals surface area contributed by atoms with E-state index in [2.05, 4.69) is 30.5 Å². The fraction of sp³-hybridized carbons (Fsp3) is 0.478. The molecule has 5 heterocycles. The number of nitrogens with one attached hydrogen (secondary N) is 2. The van der Waals surface area contributed by atoms with Crippen molar-refractivity contribution in [2.45, 2.75) is 50.4 Å². The Bertz CT molecular complexity index is 1220. The van der Waals surface area contributed by atoms with Crippen LogP contribution in [-0.4, -0.2) is 64.1 Å². The largest absolute Gasteiger partial charge is 0.478 e. The summed E-state index contributed by atoms with van der Waals surface area (Å²) in [6.45, 7) is 3.47. The number of urea groups is 1. The standard InChI is InChI=1S/C23H26N6O5S/c1-2-33-19-5-3-4-15(26-19)18-9-24-23(34-18)29-13-8-16-20(17(29)11-32-10-13)35-22(27-16)28-21(31)25-12-6-14(30)7-12/h3-5,9,12-14,17,30H,2,6-8,10-11H2,1H3,(H2,25,27,28,31)/t12?,13-,14?,17-/m0/s1. The number of anilines is 2. The second-order valence-corrected chi connectivity index (χ2v) is 9.90. The lowest BCUT2D eigenvalue weighted by Crippen LogP contribution is -2.51. The number of nitrogens with zero attached hydrogens (tertiary/aromatic N) is 4. The van der Waals surface area contributed by atoms with Crippen LogP contribution in [0.15, 0.2) is 28.8 Å². The molecular formula is C23H26N6O5S. The number of aromatic nitrogens is 3. The number of thiazole rings is 1. The Balaban J connectivity index is 1.21. The van der Waals surface area contributed by atoms with Crippen molar-refractivity contribution < 1.29 is 23.8 Å². The van der Waals surface area contributed by atoms with E-state index in [0.717, 1.165) is 10.6 Å². The van der Waals surface area contributed by atoms with E-state index in [1.54, 1.807) is 6.20 Å². The Morgan fingerprint density at radius 1 is 1.31 bits per heavy atom. The molecule has 35 heavy (non-hydrogen) atoms. The smallest absolute Gasteiger partial charge is 0.321 e. The molecule has 0 unspecified atom stereocenters. The molecule has 6 rings (SSSR count). The second-order valence-electron chi connectivity index (χ2n) is 8.87. The van der Waals surface area contributed by atoms with Crippen molar-refractivity contribution in [1.29, 1.82) is 0 Å². The summed E-state index contributed by atoms with van der Waals surface area (Å²) >= 11 is 1.44. The molecule has 11 nitrogen and oxygen atoms in total. The number of carbonyl (C=O) groups is 1. The summed E-state index contributed by atoms with van der Waals surface area (Å²) in [7, 11) is 0. The van der Waals surface area contributed by atoms with Crippen molar-refractivity contribution in [2.24, 2.45) is 0 Å². The van der Waals surface area contributed by atoms with Gasteiger partial charge >= 0.3 is 6.03 Å². The van der Waals surface area contributed by atoms with Gasteiger partial charge in [0.1, 0.15) is 5.69 Å². The molecule has 0 aromatic carbocycles. The zero-order valence-electron chi connectivity index (χ0n) is 19.1. The quantitative estimate of drug-likeness (QED) is 0.469. The molecule has 2 bridgehead atoms. The fourth-order valence-electron chi connectivity index (χ4n) is 4.73. The molecule has 2 aliphatic heterocycles. The van der Waals surface area contributed by atoms with E-state index in [1.165, 1.54) is 11.3 Å². The van der Waals surface area contributed by atoms with Gasteiger partial charge in [-0.2, -0.15) is 0 Å². The highest BCUT2D eigenvalue weighted by Gasteiger charge is 2.43. The third-order valence-corrected chi connectivity index (χ3v) is 7.54. The van der Waals surface area contributed by atoms with E-state index in [0.29, 0.717) is 67.6 Å². The van der Waals surface area contributed by atoms with Gasteiger partial charge < -0.3 is 29.2 Å². The molecule has 2 fully saturated rings. The number of fused-ring (bicyclic) bond motifs is 4. The van der Waals surface area contributed by atoms with Crippen LogP contribution in [0.3, 0.4) is 0 Å². The third-order valence-electron chi connectivity index (χ3n) is 6.43. The van der Waals surface area contributed by atoms with Crippen molar-refractivity contribution in [3.05, 3.63) is 35.0 Å². The lowest BCUT2D eigenvalue weighted by Gasteiger charge is -2.43. The third kappa shape index (κ3) is 4.32. The van der Waals surface area contributed by atoms with E-state index in [-0.39, 0.29) is 30.3 Å². The number of ether oxygens (including phenoxy) is 2. The van der Waals surface area contributed by atoms with Crippen LogP contribution >= 0.6 is 11.3 Å². The average molecular weight is 499 g/mol. The van der Waals surface area contributed by atoms with Crippen LogP contribution in [0.2, 0.25) is 0 Å². The number of hydrogen-bond acceptors (Lipinski definition) is 10. The van der Waals surface area contributed by atoms with Crippen LogP contribution in [0.4, 0.5) is 15.9 Å². The molecule has 2 amide bonds. The Labute approximate surface area is 205 Å². The van der Waals surface area contributed by atoms with Crippen LogP contribution in [0.1, 0.15) is 36.4 Å². The van der Waals surface area contributed by atoms with Gasteiger partial charge in [-0.05, 0) is 25.8 Å².